The number of carbonyl (C=O) groups is 5. The van der Waals surface area contributed by atoms with Gasteiger partial charge in [0.15, 0.2) is 0 Å². The Morgan fingerprint density at radius 2 is 1.62 bits per heavy atom. The molecule has 2 aliphatic carbocycles. The van der Waals surface area contributed by atoms with Crippen molar-refractivity contribution in [2.75, 3.05) is 33.3 Å². The Labute approximate surface area is 314 Å². The summed E-state index contributed by atoms with van der Waals surface area (Å²) in [6.07, 6.45) is 1.47. The molecule has 3 N–H and O–H groups in total. The maximum Gasteiger partial charge on any atom is 0.305 e. The van der Waals surface area contributed by atoms with Gasteiger partial charge in [0.05, 0.1) is 61.6 Å². The number of likely N-dealkylation sites (tertiary alicyclic amines) is 1. The van der Waals surface area contributed by atoms with Crippen molar-refractivity contribution in [1.82, 2.24) is 9.91 Å². The lowest BCUT2D eigenvalue weighted by molar-refractivity contribution is -0.143. The lowest BCUT2D eigenvalue weighted by Gasteiger charge is -2.50. The van der Waals surface area contributed by atoms with Crippen molar-refractivity contribution in [1.29, 1.82) is 0 Å². The number of fused-ring (bicyclic) bond motifs is 4. The molecule has 2 aliphatic heterocycles. The minimum Gasteiger partial charge on any atom is -0.507 e. The van der Waals surface area contributed by atoms with E-state index in [0.29, 0.717) is 21.9 Å². The average molecular weight is 765 g/mol. The van der Waals surface area contributed by atoms with Gasteiger partial charge in [0.25, 0.3) is 11.8 Å². The fourth-order valence-corrected chi connectivity index (χ4v) is 9.27. The van der Waals surface area contributed by atoms with E-state index in [1.54, 1.807) is 36.4 Å². The Kier molecular flexibility index (Phi) is 9.27. The molecule has 3 aromatic rings. The van der Waals surface area contributed by atoms with E-state index in [-0.39, 0.29) is 52.9 Å². The van der Waals surface area contributed by atoms with Crippen molar-refractivity contribution < 1.29 is 48.4 Å². The summed E-state index contributed by atoms with van der Waals surface area (Å²) in [6.45, 7) is -0.297. The second-order valence-electron chi connectivity index (χ2n) is 13.4. The standard InChI is InChI=1S/C38H35Cl2N3O10/c1-51-20-7-4-18(5-8-20)38-25(35(48)43(37(38)50)41-27-11-6-19(39)14-26(27)40)17-24-22(33(38)32-28(44)15-21(52-2)16-29(32)53-3)9-10-23-31(24)36(49)42(34(23)47)13-12-30(45)46/h4-9,11,14-16,23-25,31,33,41,44H,10,12-13,17H2,1-3H3,(H,45,46). The van der Waals surface area contributed by atoms with E-state index in [1.807, 2.05) is 6.08 Å². The molecule has 3 fully saturated rings. The fraction of sp³-hybridized carbons (Fsp3) is 0.342. The molecule has 4 amide bonds. The van der Waals surface area contributed by atoms with Crippen LogP contribution < -0.4 is 19.6 Å². The van der Waals surface area contributed by atoms with Gasteiger partial charge in [-0.15, -0.1) is 0 Å². The number of imide groups is 2. The van der Waals surface area contributed by atoms with E-state index in [2.05, 4.69) is 5.43 Å². The summed E-state index contributed by atoms with van der Waals surface area (Å²) in [6, 6.07) is 14.2. The number of carboxylic acid groups (broad SMARTS) is 1. The molecule has 53 heavy (non-hydrogen) atoms. The summed E-state index contributed by atoms with van der Waals surface area (Å²) in [4.78, 5) is 70.6. The number of aromatic hydroxyl groups is 1. The Morgan fingerprint density at radius 1 is 0.906 bits per heavy atom. The van der Waals surface area contributed by atoms with Crippen LogP contribution in [0.25, 0.3) is 0 Å². The molecule has 13 nitrogen and oxygen atoms in total. The molecule has 6 unspecified atom stereocenters. The quantitative estimate of drug-likeness (QED) is 0.184. The number of anilines is 1. The number of nitrogens with zero attached hydrogens (tertiary/aromatic N) is 2. The smallest absolute Gasteiger partial charge is 0.305 e. The number of carbonyl (C=O) groups excluding carboxylic acids is 4. The van der Waals surface area contributed by atoms with Crippen molar-refractivity contribution >= 4 is 58.5 Å². The van der Waals surface area contributed by atoms with Crippen molar-refractivity contribution in [3.63, 3.8) is 0 Å². The zero-order valence-corrected chi connectivity index (χ0v) is 30.3. The Hall–Kier alpha value is -5.27. The number of hydrazine groups is 1. The maximum absolute atomic E-state index is 15.4. The SMILES string of the molecule is COc1ccc(C23C(=O)N(Nc4ccc(Cl)cc4Cl)C(=O)C2CC2C(=CCC4C(=O)N(CCC(=O)O)C(=O)C42)C3c2c(O)cc(OC)cc2OC)cc1. The molecule has 0 bridgehead atoms. The minimum absolute atomic E-state index is 0.0301. The van der Waals surface area contributed by atoms with Crippen molar-refractivity contribution in [3.8, 4) is 23.0 Å². The lowest BCUT2D eigenvalue weighted by Crippen LogP contribution is -2.53. The molecule has 4 aliphatic rings. The molecule has 0 aromatic heterocycles. The number of allylic oxidation sites excluding steroid dienone is 2. The summed E-state index contributed by atoms with van der Waals surface area (Å²) in [7, 11) is 4.32. The maximum atomic E-state index is 15.4. The second-order valence-corrected chi connectivity index (χ2v) is 14.3. The van der Waals surface area contributed by atoms with Gasteiger partial charge in [-0.25, -0.2) is 0 Å². The Balaban J connectivity index is 1.48. The molecule has 6 atom stereocenters. The van der Waals surface area contributed by atoms with Crippen molar-refractivity contribution in [2.24, 2.45) is 23.7 Å². The number of carboxylic acids is 1. The predicted octanol–water partition coefficient (Wildman–Crippen LogP) is 5.18. The van der Waals surface area contributed by atoms with Crippen LogP contribution in [0.15, 0.2) is 66.2 Å². The number of ether oxygens (including phenoxy) is 3. The van der Waals surface area contributed by atoms with Gasteiger partial charge in [0, 0.05) is 35.2 Å². The van der Waals surface area contributed by atoms with Gasteiger partial charge in [-0.1, -0.05) is 47.0 Å². The van der Waals surface area contributed by atoms with Gasteiger partial charge < -0.3 is 24.4 Å². The van der Waals surface area contributed by atoms with E-state index < -0.39 is 71.0 Å². The summed E-state index contributed by atoms with van der Waals surface area (Å²) in [5.41, 5.74) is 2.56. The third-order valence-corrected chi connectivity index (χ3v) is 11.6. The van der Waals surface area contributed by atoms with Crippen LogP contribution in [0, 0.1) is 23.7 Å². The molecular formula is C38H35Cl2N3O10. The molecule has 276 valence electrons. The number of benzene rings is 3. The van der Waals surface area contributed by atoms with Crippen LogP contribution in [0.1, 0.15) is 36.3 Å². The van der Waals surface area contributed by atoms with Gasteiger partial charge in [0.1, 0.15) is 23.0 Å². The highest BCUT2D eigenvalue weighted by molar-refractivity contribution is 6.36. The molecule has 2 saturated heterocycles. The summed E-state index contributed by atoms with van der Waals surface area (Å²) in [5.74, 6) is -7.65. The first-order chi connectivity index (χ1) is 25.4. The van der Waals surface area contributed by atoms with Gasteiger partial charge in [-0.3, -0.25) is 34.3 Å². The van der Waals surface area contributed by atoms with Crippen LogP contribution in [0.3, 0.4) is 0 Å². The molecule has 0 radical (unpaired) electrons. The zero-order valence-electron chi connectivity index (χ0n) is 28.8. The highest BCUT2D eigenvalue weighted by atomic mass is 35.5. The van der Waals surface area contributed by atoms with Gasteiger partial charge in [-0.05, 0) is 54.7 Å². The monoisotopic (exact) mass is 763 g/mol. The highest BCUT2D eigenvalue weighted by Gasteiger charge is 2.71. The van der Waals surface area contributed by atoms with Crippen LogP contribution in [0.4, 0.5) is 5.69 Å². The molecular weight excluding hydrogens is 729 g/mol. The van der Waals surface area contributed by atoms with Crippen LogP contribution in [-0.2, 0) is 29.4 Å². The number of phenolic OH excluding ortho intramolecular Hbond substituents is 1. The normalized spacial score (nSPS) is 26.1. The predicted molar refractivity (Wildman–Crippen MR) is 191 cm³/mol. The van der Waals surface area contributed by atoms with E-state index in [4.69, 9.17) is 37.4 Å². The number of hydrogen-bond donors (Lipinski definition) is 3. The van der Waals surface area contributed by atoms with Crippen LogP contribution >= 0.6 is 23.2 Å². The number of hydrogen-bond acceptors (Lipinski definition) is 10. The van der Waals surface area contributed by atoms with E-state index in [9.17, 15) is 29.4 Å². The highest BCUT2D eigenvalue weighted by Crippen LogP contribution is 2.66. The molecule has 3 aromatic carbocycles. The summed E-state index contributed by atoms with van der Waals surface area (Å²) >= 11 is 12.7. The van der Waals surface area contributed by atoms with Gasteiger partial charge in [0.2, 0.25) is 11.8 Å². The lowest BCUT2D eigenvalue weighted by atomic mass is 9.49. The number of halogens is 2. The molecule has 1 saturated carbocycles. The number of phenols is 1. The molecule has 2 heterocycles. The number of methoxy groups -OCH3 is 3. The van der Waals surface area contributed by atoms with E-state index in [1.165, 1.54) is 39.5 Å². The summed E-state index contributed by atoms with van der Waals surface area (Å²) < 4.78 is 16.7. The number of aliphatic carboxylic acids is 1. The number of amides is 4. The number of nitrogens with one attached hydrogen (secondary N) is 1. The van der Waals surface area contributed by atoms with E-state index >= 15 is 4.79 Å². The van der Waals surface area contributed by atoms with Gasteiger partial charge >= 0.3 is 5.97 Å². The first kappa shape index (κ1) is 36.1. The Morgan fingerprint density at radius 3 is 2.26 bits per heavy atom. The minimum atomic E-state index is -1.75. The van der Waals surface area contributed by atoms with Crippen LogP contribution in [0.2, 0.25) is 10.0 Å². The van der Waals surface area contributed by atoms with E-state index in [0.717, 1.165) is 9.91 Å². The summed E-state index contributed by atoms with van der Waals surface area (Å²) in [5, 5.41) is 22.6. The first-order valence-electron chi connectivity index (χ1n) is 16.8. The van der Waals surface area contributed by atoms with Crippen molar-refractivity contribution in [3.05, 3.63) is 87.4 Å². The third kappa shape index (κ3) is 5.56. The molecule has 0 spiro atoms. The Bertz CT molecular complexity index is 2090. The van der Waals surface area contributed by atoms with Gasteiger partial charge in [-0.2, -0.15) is 5.01 Å². The third-order valence-electron chi connectivity index (χ3n) is 11.1. The fourth-order valence-electron chi connectivity index (χ4n) is 8.81. The second kappa shape index (κ2) is 13.6. The average Bonchev–Trinajstić information content (AvgIpc) is 3.51. The largest absolute Gasteiger partial charge is 0.507 e. The number of rotatable bonds is 10. The molecule has 15 heteroatoms. The van der Waals surface area contributed by atoms with Crippen LogP contribution in [-0.4, -0.2) is 77.6 Å². The first-order valence-corrected chi connectivity index (χ1v) is 17.6. The zero-order chi connectivity index (χ0) is 37.9. The molecule has 7 rings (SSSR count). The topological polar surface area (TPSA) is 172 Å². The van der Waals surface area contributed by atoms with Crippen LogP contribution in [0.5, 0.6) is 23.0 Å². The van der Waals surface area contributed by atoms with Crippen molar-refractivity contribution in [2.45, 2.75) is 30.6 Å².